The van der Waals surface area contributed by atoms with Crippen molar-refractivity contribution in [2.75, 3.05) is 44.2 Å². The smallest absolute Gasteiger partial charge is 0.336 e. The predicted octanol–water partition coefficient (Wildman–Crippen LogP) is -1.90. The maximum Gasteiger partial charge on any atom is 0.336 e. The summed E-state index contributed by atoms with van der Waals surface area (Å²) in [6.45, 7) is -1.09. The second-order valence-corrected chi connectivity index (χ2v) is 21.6. The maximum atomic E-state index is 13.6. The van der Waals surface area contributed by atoms with E-state index in [0.29, 0.717) is 24.8 Å². The van der Waals surface area contributed by atoms with E-state index >= 15 is 0 Å². The summed E-state index contributed by atoms with van der Waals surface area (Å²) in [4.78, 5) is 114. The Morgan fingerprint density at radius 1 is 0.810 bits per heavy atom. The van der Waals surface area contributed by atoms with Crippen molar-refractivity contribution in [3.63, 3.8) is 0 Å². The molecule has 3 atom stereocenters. The van der Waals surface area contributed by atoms with Crippen molar-refractivity contribution in [3.8, 4) is 28.2 Å². The molecule has 1 unspecified atom stereocenters. The van der Waals surface area contributed by atoms with Gasteiger partial charge < -0.3 is 58.4 Å². The van der Waals surface area contributed by atoms with Crippen molar-refractivity contribution in [2.24, 2.45) is 5.73 Å². The van der Waals surface area contributed by atoms with Crippen LogP contribution in [0.3, 0.4) is 0 Å². The quantitative estimate of drug-likeness (QED) is 0.00997. The molecule has 3 aromatic rings. The average Bonchev–Trinajstić information content (AvgIpc) is 3.86. The number of phenols is 1. The lowest BCUT2D eigenvalue weighted by Crippen LogP contribution is -2.58. The average molecular weight is 1150 g/mol. The Morgan fingerprint density at radius 3 is 2.11 bits per heavy atom. The Labute approximate surface area is 452 Å². The van der Waals surface area contributed by atoms with Crippen LogP contribution in [0, 0.1) is 5.41 Å². The van der Waals surface area contributed by atoms with Crippen molar-refractivity contribution < 1.29 is 89.5 Å². The molecule has 1 fully saturated rings. The van der Waals surface area contributed by atoms with Crippen LogP contribution in [0.25, 0.3) is 33.4 Å². The van der Waals surface area contributed by atoms with E-state index < -0.39 is 142 Å². The zero-order valence-corrected chi connectivity index (χ0v) is 43.8. The number of nitrogens with zero attached hydrogens (tertiary/aromatic N) is 1. The molecular weight excluding hydrogens is 1100 g/mol. The third kappa shape index (κ3) is 14.8. The van der Waals surface area contributed by atoms with Gasteiger partial charge in [-0.15, -0.1) is 11.8 Å². The van der Waals surface area contributed by atoms with Crippen LogP contribution >= 0.6 is 11.8 Å². The van der Waals surface area contributed by atoms with E-state index in [9.17, 15) is 79.3 Å². The summed E-state index contributed by atoms with van der Waals surface area (Å²) in [6, 6.07) is 10.8. The van der Waals surface area contributed by atoms with Gasteiger partial charge in [0.2, 0.25) is 35.4 Å². The number of anilines is 1. The molecule has 8 amide bonds. The summed E-state index contributed by atoms with van der Waals surface area (Å²) in [5.41, 5.74) is 12.7. The first kappa shape index (κ1) is 59.7. The number of carboxylic acids is 1. The molecule has 0 radical (unpaired) electrons. The number of nitrogens with two attached hydrogens (primary N) is 2. The van der Waals surface area contributed by atoms with Crippen LogP contribution in [0.5, 0.6) is 5.75 Å². The second kappa shape index (κ2) is 25.3. The van der Waals surface area contributed by atoms with Gasteiger partial charge in [-0.3, -0.25) is 57.8 Å². The number of likely N-dealkylation sites (tertiary alicyclic amines) is 1. The minimum Gasteiger partial charge on any atom is -0.508 e. The lowest BCUT2D eigenvalue weighted by atomic mass is 9.89. The Kier molecular flexibility index (Phi) is 19.2. The Bertz CT molecular complexity index is 3540. The number of carboxylic acid groups (broad SMARTS) is 1. The van der Waals surface area contributed by atoms with E-state index in [1.165, 1.54) is 42.5 Å². The van der Waals surface area contributed by atoms with Gasteiger partial charge in [-0.2, -0.15) is 16.8 Å². The number of aromatic carboxylic acids is 1. The first-order valence-corrected chi connectivity index (χ1v) is 27.6. The molecule has 420 valence electrons. The fourth-order valence-corrected chi connectivity index (χ4v) is 11.0. The van der Waals surface area contributed by atoms with Crippen LogP contribution < -0.4 is 49.1 Å². The first-order chi connectivity index (χ1) is 37.2. The summed E-state index contributed by atoms with van der Waals surface area (Å²) in [5, 5.41) is 38.5. The molecule has 0 aromatic heterocycles. The second-order valence-electron chi connectivity index (χ2n) is 17.7. The van der Waals surface area contributed by atoms with Gasteiger partial charge in [0.15, 0.2) is 27.7 Å². The predicted molar refractivity (Wildman–Crippen MR) is 278 cm³/mol. The number of benzene rings is 4. The lowest BCUT2D eigenvalue weighted by molar-refractivity contribution is -0.355. The topological polar surface area (TPSA) is 483 Å². The highest BCUT2D eigenvalue weighted by Gasteiger charge is 2.40. The number of rotatable bonds is 25. The lowest BCUT2D eigenvalue weighted by Gasteiger charge is -2.23. The minimum absolute atomic E-state index is 0.00464. The number of amides is 8. The molecule has 17 N–H and O–H groups in total. The molecule has 31 heteroatoms. The number of hydrogen-bond acceptors (Lipinski definition) is 18. The Balaban J connectivity index is 1.05. The zero-order valence-electron chi connectivity index (χ0n) is 41.4. The van der Waals surface area contributed by atoms with Gasteiger partial charge in [0.1, 0.15) is 17.8 Å². The van der Waals surface area contributed by atoms with Crippen molar-refractivity contribution in [1.82, 2.24) is 31.5 Å². The number of thioether (sulfide) groups is 1. The van der Waals surface area contributed by atoms with E-state index in [0.717, 1.165) is 40.9 Å². The first-order valence-electron chi connectivity index (χ1n) is 23.6. The number of carbonyl (C=O) groups is 9. The van der Waals surface area contributed by atoms with Gasteiger partial charge in [0.25, 0.3) is 32.1 Å². The fraction of sp³-hybridized carbons (Fsp3) is 0.292. The van der Waals surface area contributed by atoms with Gasteiger partial charge in [-0.25, -0.2) is 4.79 Å². The van der Waals surface area contributed by atoms with Gasteiger partial charge in [0.05, 0.1) is 34.9 Å². The van der Waals surface area contributed by atoms with E-state index in [1.807, 2.05) is 0 Å². The number of aromatic hydroxyl groups is 1. The number of nitrogen functional groups attached to an aromatic ring is 1. The molecule has 3 aromatic carbocycles. The van der Waals surface area contributed by atoms with Crippen molar-refractivity contribution in [1.29, 1.82) is 5.41 Å². The molecule has 2 heterocycles. The number of imide groups is 1. The summed E-state index contributed by atoms with van der Waals surface area (Å²) < 4.78 is 75.9. The van der Waals surface area contributed by atoms with Crippen LogP contribution in [0.15, 0.2) is 80.9 Å². The van der Waals surface area contributed by atoms with E-state index in [4.69, 9.17) is 21.3 Å². The maximum absolute atomic E-state index is 13.6. The number of primary amides is 1. The normalized spacial score (nSPS) is 14.4. The van der Waals surface area contributed by atoms with E-state index in [2.05, 4.69) is 32.3 Å². The molecule has 1 saturated heterocycles. The van der Waals surface area contributed by atoms with Gasteiger partial charge >= 0.3 is 5.97 Å². The van der Waals surface area contributed by atoms with Gasteiger partial charge in [-0.05, 0) is 78.9 Å². The van der Waals surface area contributed by atoms with Crippen LogP contribution in [0.4, 0.5) is 5.69 Å². The van der Waals surface area contributed by atoms with Gasteiger partial charge in [0, 0.05) is 53.8 Å². The molecule has 1 aliphatic carbocycles. The number of phenolic OH excluding ortho intramolecular Hbond substituents is 1. The summed E-state index contributed by atoms with van der Waals surface area (Å²) in [5.74, 6) is -8.36. The van der Waals surface area contributed by atoms with Crippen LogP contribution in [-0.2, 0) is 60.2 Å². The highest BCUT2D eigenvalue weighted by molar-refractivity contribution is 8.00. The standard InChI is InChI=1S/C48H52N10O18S3/c49-19-35(60)54-20-36(61)55-21-37(62)56-32(16-23-4-7-25(59)8-5-23)46(66)57-33(44(52)64)22-77-34-18-38(63)58(47(34)67)15-3-1-2-14-53-45(65)24-6-9-26(29(17-24)48(68)69)39-27-10-12-30(50)42(78(70,71)72)40(27)76-41-28(39)11-13-31(51)43(41)79(73,74)75/h4-13,17,32-34,50,59H,1-3,14-16,18-22,49,51H2,(H2,52,64)(H,53,65)(H,54,60)(H,55,61)(H,56,62)(H,57,66)(H,68,69)(H,70,71,72)(H,73,74,75)/p+1/t32-,33-,34?/m0/s1. The number of fused-ring (bicyclic) bond motifs is 2. The molecule has 28 nitrogen and oxygen atoms in total. The number of nitrogens with one attached hydrogen (secondary N) is 6. The number of carbonyl (C=O) groups excluding carboxylic acids is 8. The third-order valence-electron chi connectivity index (χ3n) is 12.1. The van der Waals surface area contributed by atoms with Crippen molar-refractivity contribution >= 4 is 102 Å². The Morgan fingerprint density at radius 2 is 1.47 bits per heavy atom. The highest BCUT2D eigenvalue weighted by atomic mass is 32.2. The molecule has 0 bridgehead atoms. The van der Waals surface area contributed by atoms with Gasteiger partial charge in [-0.1, -0.05) is 18.2 Å². The Hall–Kier alpha value is -8.49. The summed E-state index contributed by atoms with van der Waals surface area (Å²) in [6.07, 6.45) is 0.631. The molecule has 79 heavy (non-hydrogen) atoms. The summed E-state index contributed by atoms with van der Waals surface area (Å²) >= 11 is 0.898. The molecular formula is C48H53N10O18S3+. The zero-order chi connectivity index (χ0) is 58.1. The molecule has 0 saturated carbocycles. The largest absolute Gasteiger partial charge is 0.508 e. The number of unbranched alkanes of at least 4 members (excludes halogenated alkanes) is 2. The van der Waals surface area contributed by atoms with Crippen LogP contribution in [0.2, 0.25) is 0 Å². The molecule has 3 aliphatic rings. The molecule has 6 rings (SSSR count). The number of hydrogen-bond donors (Lipinski definition) is 13. The monoisotopic (exact) mass is 1150 g/mol. The van der Waals surface area contributed by atoms with E-state index in [1.54, 1.807) is 0 Å². The van der Waals surface area contributed by atoms with Crippen molar-refractivity contribution in [2.45, 2.75) is 59.2 Å². The van der Waals surface area contributed by atoms with Crippen molar-refractivity contribution in [3.05, 3.63) is 88.8 Å². The molecule has 2 aliphatic heterocycles. The number of quaternary nitrogens is 1. The fourth-order valence-electron chi connectivity index (χ4n) is 8.28. The molecule has 0 spiro atoms. The summed E-state index contributed by atoms with van der Waals surface area (Å²) in [7, 11) is -10.5. The third-order valence-corrected chi connectivity index (χ3v) is 15.3. The minimum atomic E-state index is -5.26. The van der Waals surface area contributed by atoms with E-state index in [-0.39, 0.29) is 71.6 Å². The van der Waals surface area contributed by atoms with Crippen LogP contribution in [0.1, 0.15) is 52.0 Å². The highest BCUT2D eigenvalue weighted by Crippen LogP contribution is 2.46. The van der Waals surface area contributed by atoms with Crippen LogP contribution in [-0.4, -0.2) is 150 Å². The SMILES string of the molecule is N=c1ccc2c(-c3ccc(C(=O)NCCCCCN4C(=O)CC(SC[C@H](NC(=O)[C@H](Cc5ccc(O)cc5)NC(=O)CNC(=O)CNC(=O)C[NH3+])C(N)=O)C4=O)cc3C(=O)O)c3ccc(N)c(S(=O)(=O)O)c3oc-2c1S(=O)(=O)O.